The van der Waals surface area contributed by atoms with Crippen LogP contribution in [0, 0.1) is 5.82 Å². The average molecular weight is 300 g/mol. The largest absolute Gasteiger partial charge is 0.467 e. The fourth-order valence-corrected chi connectivity index (χ4v) is 1.78. The lowest BCUT2D eigenvalue weighted by Crippen LogP contribution is -2.12. The first-order chi connectivity index (χ1) is 8.16. The molecule has 17 heavy (non-hydrogen) atoms. The Balaban J connectivity index is 2.00. The van der Waals surface area contributed by atoms with Gasteiger partial charge in [-0.3, -0.25) is 0 Å². The van der Waals surface area contributed by atoms with Gasteiger partial charge in [0, 0.05) is 11.0 Å². The first-order valence-corrected chi connectivity index (χ1v) is 5.86. The van der Waals surface area contributed by atoms with Gasteiger partial charge in [-0.1, -0.05) is 15.9 Å². The third kappa shape index (κ3) is 3.08. The van der Waals surface area contributed by atoms with E-state index in [0.717, 1.165) is 4.47 Å². The molecule has 1 heterocycles. The maximum atomic E-state index is 13.4. The second kappa shape index (κ2) is 5.33. The van der Waals surface area contributed by atoms with E-state index in [1.165, 1.54) is 12.3 Å². The van der Waals surface area contributed by atoms with E-state index in [1.54, 1.807) is 24.3 Å². The molecule has 0 bridgehead atoms. The lowest BCUT2D eigenvalue weighted by Gasteiger charge is -2.11. The zero-order valence-electron chi connectivity index (χ0n) is 8.86. The van der Waals surface area contributed by atoms with Gasteiger partial charge in [0.1, 0.15) is 17.7 Å². The minimum absolute atomic E-state index is 0.181. The van der Waals surface area contributed by atoms with Gasteiger partial charge in [-0.05, 0) is 30.3 Å². The van der Waals surface area contributed by atoms with E-state index < -0.39 is 6.10 Å². The maximum absolute atomic E-state index is 13.4. The number of nitrogens with one attached hydrogen (secondary N) is 1. The molecule has 0 aliphatic carbocycles. The Morgan fingerprint density at radius 1 is 1.41 bits per heavy atom. The van der Waals surface area contributed by atoms with Crippen molar-refractivity contribution in [3.8, 4) is 0 Å². The van der Waals surface area contributed by atoms with E-state index >= 15 is 0 Å². The summed E-state index contributed by atoms with van der Waals surface area (Å²) >= 11 is 3.25. The van der Waals surface area contributed by atoms with Crippen LogP contribution in [0.1, 0.15) is 11.9 Å². The molecule has 1 atom stereocenters. The first-order valence-electron chi connectivity index (χ1n) is 5.07. The molecule has 0 amide bonds. The molecule has 2 rings (SSSR count). The fourth-order valence-electron chi connectivity index (χ4n) is 1.42. The summed E-state index contributed by atoms with van der Waals surface area (Å²) in [4.78, 5) is 0. The number of benzene rings is 1. The molecule has 1 aromatic heterocycles. The van der Waals surface area contributed by atoms with Crippen LogP contribution in [0.2, 0.25) is 0 Å². The van der Waals surface area contributed by atoms with Gasteiger partial charge in [-0.25, -0.2) is 4.39 Å². The third-order valence-electron chi connectivity index (χ3n) is 2.29. The highest BCUT2D eigenvalue weighted by Crippen LogP contribution is 2.21. The highest BCUT2D eigenvalue weighted by molar-refractivity contribution is 9.10. The van der Waals surface area contributed by atoms with Crippen molar-refractivity contribution in [1.82, 2.24) is 0 Å². The number of halogens is 2. The molecule has 0 aliphatic rings. The molecule has 1 unspecified atom stereocenters. The number of hydrogen-bond acceptors (Lipinski definition) is 3. The normalized spacial score (nSPS) is 12.4. The van der Waals surface area contributed by atoms with Crippen LogP contribution in [-0.2, 0) is 0 Å². The van der Waals surface area contributed by atoms with Crippen molar-refractivity contribution in [3.63, 3.8) is 0 Å². The summed E-state index contributed by atoms with van der Waals surface area (Å²) in [7, 11) is 0. The Morgan fingerprint density at radius 2 is 2.24 bits per heavy atom. The smallest absolute Gasteiger partial charge is 0.146 e. The van der Waals surface area contributed by atoms with Gasteiger partial charge in [-0.2, -0.15) is 0 Å². The molecule has 5 heteroatoms. The van der Waals surface area contributed by atoms with Crippen LogP contribution < -0.4 is 5.32 Å². The van der Waals surface area contributed by atoms with Crippen LogP contribution in [0.4, 0.5) is 10.1 Å². The van der Waals surface area contributed by atoms with Crippen LogP contribution in [0.15, 0.2) is 45.5 Å². The number of aliphatic hydroxyl groups excluding tert-OH is 1. The molecule has 2 aromatic rings. The highest BCUT2D eigenvalue weighted by atomic mass is 79.9. The van der Waals surface area contributed by atoms with Crippen molar-refractivity contribution >= 4 is 21.6 Å². The van der Waals surface area contributed by atoms with E-state index in [9.17, 15) is 9.50 Å². The molecule has 0 radical (unpaired) electrons. The summed E-state index contributed by atoms with van der Waals surface area (Å²) in [5.41, 5.74) is 0.338. The van der Waals surface area contributed by atoms with E-state index in [2.05, 4.69) is 21.2 Å². The fraction of sp³-hybridized carbons (Fsp3) is 0.167. The summed E-state index contributed by atoms with van der Waals surface area (Å²) < 4.78 is 19.2. The summed E-state index contributed by atoms with van der Waals surface area (Å²) in [5, 5.41) is 12.6. The zero-order valence-corrected chi connectivity index (χ0v) is 10.4. The van der Waals surface area contributed by atoms with Crippen molar-refractivity contribution in [2.75, 3.05) is 11.9 Å². The molecule has 0 saturated heterocycles. The minimum Gasteiger partial charge on any atom is -0.467 e. The second-order valence-electron chi connectivity index (χ2n) is 3.54. The zero-order chi connectivity index (χ0) is 12.3. The molecular formula is C12H11BrFNO2. The van der Waals surface area contributed by atoms with Gasteiger partial charge >= 0.3 is 0 Å². The van der Waals surface area contributed by atoms with Gasteiger partial charge < -0.3 is 14.8 Å². The van der Waals surface area contributed by atoms with Gasteiger partial charge in [-0.15, -0.1) is 0 Å². The predicted molar refractivity (Wildman–Crippen MR) is 66.3 cm³/mol. The molecular weight excluding hydrogens is 289 g/mol. The van der Waals surface area contributed by atoms with Crippen LogP contribution in [0.5, 0.6) is 0 Å². The van der Waals surface area contributed by atoms with Crippen LogP contribution in [0.3, 0.4) is 0 Å². The highest BCUT2D eigenvalue weighted by Gasteiger charge is 2.11. The Morgan fingerprint density at radius 3 is 2.94 bits per heavy atom. The lowest BCUT2D eigenvalue weighted by molar-refractivity contribution is 0.162. The molecule has 0 fully saturated rings. The monoisotopic (exact) mass is 299 g/mol. The lowest BCUT2D eigenvalue weighted by atomic mass is 10.2. The van der Waals surface area contributed by atoms with Crippen molar-refractivity contribution in [2.45, 2.75) is 6.10 Å². The molecule has 0 spiro atoms. The number of aliphatic hydroxyl groups is 1. The molecule has 3 nitrogen and oxygen atoms in total. The van der Waals surface area contributed by atoms with Crippen molar-refractivity contribution in [3.05, 3.63) is 52.6 Å². The second-order valence-corrected chi connectivity index (χ2v) is 4.45. The Bertz CT molecular complexity index is 487. The quantitative estimate of drug-likeness (QED) is 0.910. The minimum atomic E-state index is -0.802. The molecule has 0 saturated carbocycles. The Kier molecular flexibility index (Phi) is 3.81. The van der Waals surface area contributed by atoms with Crippen LogP contribution >= 0.6 is 15.9 Å². The predicted octanol–water partition coefficient (Wildman–Crippen LogP) is 3.33. The molecule has 2 N–H and O–H groups in total. The summed E-state index contributed by atoms with van der Waals surface area (Å²) in [5.74, 6) is 0.0905. The average Bonchev–Trinajstić information content (AvgIpc) is 2.83. The third-order valence-corrected chi connectivity index (χ3v) is 2.78. The van der Waals surface area contributed by atoms with E-state index in [4.69, 9.17) is 4.42 Å². The standard InChI is InChI=1S/C12H11BrFNO2/c13-8-3-4-9(14)10(6-8)15-7-11(16)12-2-1-5-17-12/h1-6,11,15-16H,7H2. The molecule has 0 aliphatic heterocycles. The van der Waals surface area contributed by atoms with Gasteiger partial charge in [0.2, 0.25) is 0 Å². The molecule has 90 valence electrons. The van der Waals surface area contributed by atoms with Gasteiger partial charge in [0.05, 0.1) is 12.0 Å². The van der Waals surface area contributed by atoms with E-state index in [0.29, 0.717) is 11.4 Å². The van der Waals surface area contributed by atoms with Crippen LogP contribution in [-0.4, -0.2) is 11.7 Å². The summed E-state index contributed by atoms with van der Waals surface area (Å²) in [6, 6.07) is 7.95. The van der Waals surface area contributed by atoms with Crippen molar-refractivity contribution in [2.24, 2.45) is 0 Å². The Hall–Kier alpha value is -1.33. The van der Waals surface area contributed by atoms with Crippen molar-refractivity contribution in [1.29, 1.82) is 0 Å². The maximum Gasteiger partial charge on any atom is 0.146 e. The van der Waals surface area contributed by atoms with Gasteiger partial charge in [0.15, 0.2) is 0 Å². The number of anilines is 1. The Labute approximate surface area is 106 Å². The summed E-state index contributed by atoms with van der Waals surface area (Å²) in [6.45, 7) is 0.181. The van der Waals surface area contributed by atoms with Crippen molar-refractivity contribution < 1.29 is 13.9 Å². The number of rotatable bonds is 4. The van der Waals surface area contributed by atoms with E-state index in [-0.39, 0.29) is 12.4 Å². The summed E-state index contributed by atoms with van der Waals surface area (Å²) in [6.07, 6.45) is 0.682. The molecule has 1 aromatic carbocycles. The van der Waals surface area contributed by atoms with E-state index in [1.807, 2.05) is 0 Å². The number of hydrogen-bond donors (Lipinski definition) is 2. The van der Waals surface area contributed by atoms with Gasteiger partial charge in [0.25, 0.3) is 0 Å². The topological polar surface area (TPSA) is 45.4 Å². The number of furan rings is 1. The first kappa shape index (κ1) is 12.1. The SMILES string of the molecule is OC(CNc1cc(Br)ccc1F)c1ccco1. The van der Waals surface area contributed by atoms with Crippen LogP contribution in [0.25, 0.3) is 0 Å².